The van der Waals surface area contributed by atoms with E-state index in [1.807, 2.05) is 27.7 Å². The van der Waals surface area contributed by atoms with E-state index in [1.54, 1.807) is 0 Å². The second-order valence-corrected chi connectivity index (χ2v) is 3.01. The first-order valence-corrected chi connectivity index (χ1v) is 5.41. The number of aryl methyl sites for hydroxylation is 2. The Morgan fingerprint density at radius 3 is 2.36 bits per heavy atom. The van der Waals surface area contributed by atoms with Gasteiger partial charge in [0.25, 0.3) is 0 Å². The average molecular weight is 194 g/mol. The van der Waals surface area contributed by atoms with Gasteiger partial charge in [0.1, 0.15) is 11.5 Å². The van der Waals surface area contributed by atoms with E-state index < -0.39 is 0 Å². The van der Waals surface area contributed by atoms with Crippen molar-refractivity contribution in [1.82, 2.24) is 0 Å². The summed E-state index contributed by atoms with van der Waals surface area (Å²) in [5, 5.41) is 0. The molecule has 0 aromatic carbocycles. The van der Waals surface area contributed by atoms with Crippen molar-refractivity contribution >= 4 is 5.57 Å². The molecular weight excluding hydrogens is 172 g/mol. The second kappa shape index (κ2) is 6.47. The Bertz CT molecular complexity index is 292. The minimum Gasteiger partial charge on any atom is -0.466 e. The van der Waals surface area contributed by atoms with Crippen molar-refractivity contribution < 1.29 is 4.42 Å². The van der Waals surface area contributed by atoms with Gasteiger partial charge in [0.2, 0.25) is 0 Å². The molecule has 1 aromatic heterocycles. The van der Waals surface area contributed by atoms with E-state index in [1.165, 1.54) is 11.1 Å². The Morgan fingerprint density at radius 2 is 2.00 bits per heavy atom. The highest BCUT2D eigenvalue weighted by atomic mass is 16.3. The van der Waals surface area contributed by atoms with E-state index in [0.717, 1.165) is 17.9 Å². The molecule has 0 N–H and O–H groups in total. The molecule has 0 aliphatic carbocycles. The quantitative estimate of drug-likeness (QED) is 0.670. The topological polar surface area (TPSA) is 13.1 Å². The van der Waals surface area contributed by atoms with Crippen LogP contribution >= 0.6 is 0 Å². The molecule has 0 saturated heterocycles. The molecule has 0 aliphatic rings. The van der Waals surface area contributed by atoms with Gasteiger partial charge < -0.3 is 4.42 Å². The van der Waals surface area contributed by atoms with Gasteiger partial charge >= 0.3 is 0 Å². The van der Waals surface area contributed by atoms with Crippen molar-refractivity contribution in [2.45, 2.75) is 48.0 Å². The highest BCUT2D eigenvalue weighted by molar-refractivity contribution is 5.65. The van der Waals surface area contributed by atoms with Gasteiger partial charge in [0, 0.05) is 12.0 Å². The highest BCUT2D eigenvalue weighted by Crippen LogP contribution is 2.22. The third kappa shape index (κ3) is 3.06. The lowest BCUT2D eigenvalue weighted by atomic mass is 10.1. The predicted octanol–water partition coefficient (Wildman–Crippen LogP) is 4.60. The van der Waals surface area contributed by atoms with Crippen LogP contribution in [0.15, 0.2) is 16.6 Å². The van der Waals surface area contributed by atoms with Gasteiger partial charge in [0.05, 0.1) is 0 Å². The number of allylic oxidation sites excluding steroid dienone is 2. The minimum atomic E-state index is 0.970. The molecule has 0 unspecified atom stereocenters. The van der Waals surface area contributed by atoms with Gasteiger partial charge in [-0.25, -0.2) is 0 Å². The molecule has 0 aliphatic heterocycles. The Hall–Kier alpha value is -0.980. The molecule has 80 valence electrons. The summed E-state index contributed by atoms with van der Waals surface area (Å²) in [6, 6.07) is 2.13. The molecule has 0 spiro atoms. The van der Waals surface area contributed by atoms with E-state index in [2.05, 4.69) is 26.0 Å². The number of hydrogen-bond acceptors (Lipinski definition) is 1. The first-order chi connectivity index (χ1) is 6.69. The summed E-state index contributed by atoms with van der Waals surface area (Å²) >= 11 is 0. The van der Waals surface area contributed by atoms with Crippen LogP contribution in [-0.2, 0) is 6.42 Å². The fraction of sp³-hybridized carbons (Fsp3) is 0.538. The molecule has 0 atom stereocenters. The van der Waals surface area contributed by atoms with Crippen LogP contribution in [0.3, 0.4) is 0 Å². The van der Waals surface area contributed by atoms with Gasteiger partial charge in [-0.15, -0.1) is 0 Å². The summed E-state index contributed by atoms with van der Waals surface area (Å²) in [7, 11) is 0. The lowest BCUT2D eigenvalue weighted by Crippen LogP contribution is -1.76. The van der Waals surface area contributed by atoms with Crippen LogP contribution < -0.4 is 0 Å². The predicted molar refractivity (Wildman–Crippen MR) is 63.5 cm³/mol. The Morgan fingerprint density at radius 1 is 1.43 bits per heavy atom. The van der Waals surface area contributed by atoms with Gasteiger partial charge in [-0.05, 0) is 32.4 Å². The summed E-state index contributed by atoms with van der Waals surface area (Å²) in [4.78, 5) is 0. The van der Waals surface area contributed by atoms with Crippen molar-refractivity contribution in [2.75, 3.05) is 0 Å². The Kier molecular flexibility index (Phi) is 6.02. The van der Waals surface area contributed by atoms with Gasteiger partial charge in [-0.1, -0.05) is 26.8 Å². The molecule has 1 heterocycles. The highest BCUT2D eigenvalue weighted by Gasteiger charge is 2.06. The van der Waals surface area contributed by atoms with Crippen LogP contribution in [-0.4, -0.2) is 0 Å². The summed E-state index contributed by atoms with van der Waals surface area (Å²) in [5.41, 5.74) is 2.53. The fourth-order valence-corrected chi connectivity index (χ4v) is 1.26. The molecule has 1 rings (SSSR count). The smallest absolute Gasteiger partial charge is 0.108 e. The van der Waals surface area contributed by atoms with Gasteiger partial charge in [-0.2, -0.15) is 0 Å². The summed E-state index contributed by atoms with van der Waals surface area (Å²) < 4.78 is 5.55. The van der Waals surface area contributed by atoms with Crippen LogP contribution in [0.5, 0.6) is 0 Å². The van der Waals surface area contributed by atoms with Gasteiger partial charge in [-0.3, -0.25) is 0 Å². The monoisotopic (exact) mass is 194 g/mol. The van der Waals surface area contributed by atoms with Crippen LogP contribution in [0, 0.1) is 6.92 Å². The third-order valence-electron chi connectivity index (χ3n) is 2.18. The molecular formula is C13H22O. The average Bonchev–Trinajstić information content (AvgIpc) is 2.61. The minimum absolute atomic E-state index is 0.970. The van der Waals surface area contributed by atoms with Crippen molar-refractivity contribution in [3.05, 3.63) is 29.2 Å². The molecule has 0 fully saturated rings. The zero-order chi connectivity index (χ0) is 11.1. The van der Waals surface area contributed by atoms with Crippen molar-refractivity contribution in [2.24, 2.45) is 0 Å². The fourth-order valence-electron chi connectivity index (χ4n) is 1.26. The van der Waals surface area contributed by atoms with Crippen molar-refractivity contribution in [3.63, 3.8) is 0 Å². The number of furan rings is 1. The summed E-state index contributed by atoms with van der Waals surface area (Å²) in [5.74, 6) is 2.10. The first-order valence-electron chi connectivity index (χ1n) is 5.41. The van der Waals surface area contributed by atoms with Crippen molar-refractivity contribution in [3.8, 4) is 0 Å². The van der Waals surface area contributed by atoms with Crippen LogP contribution in [0.25, 0.3) is 5.57 Å². The van der Waals surface area contributed by atoms with E-state index in [0.29, 0.717) is 0 Å². The van der Waals surface area contributed by atoms with Crippen LogP contribution in [0.1, 0.15) is 51.7 Å². The van der Waals surface area contributed by atoms with E-state index in [4.69, 9.17) is 4.42 Å². The van der Waals surface area contributed by atoms with E-state index in [-0.39, 0.29) is 0 Å². The SMILES string of the molecule is C/C=C(/C)c1cc(CC)oc1C.CC. The van der Waals surface area contributed by atoms with Crippen LogP contribution in [0.2, 0.25) is 0 Å². The second-order valence-electron chi connectivity index (χ2n) is 3.01. The van der Waals surface area contributed by atoms with E-state index >= 15 is 0 Å². The molecule has 1 aromatic rings. The lowest BCUT2D eigenvalue weighted by Gasteiger charge is -1.94. The van der Waals surface area contributed by atoms with Crippen molar-refractivity contribution in [1.29, 1.82) is 0 Å². The molecule has 1 nitrogen and oxygen atoms in total. The maximum atomic E-state index is 5.55. The Balaban J connectivity index is 0.000000791. The molecule has 0 radical (unpaired) electrons. The zero-order valence-corrected chi connectivity index (χ0v) is 10.3. The summed E-state index contributed by atoms with van der Waals surface area (Å²) in [6.45, 7) is 12.3. The maximum Gasteiger partial charge on any atom is 0.108 e. The number of hydrogen-bond donors (Lipinski definition) is 0. The van der Waals surface area contributed by atoms with Crippen LogP contribution in [0.4, 0.5) is 0 Å². The molecule has 1 heteroatoms. The zero-order valence-electron chi connectivity index (χ0n) is 10.3. The number of rotatable bonds is 2. The molecule has 14 heavy (non-hydrogen) atoms. The normalized spacial score (nSPS) is 10.9. The van der Waals surface area contributed by atoms with Gasteiger partial charge in [0.15, 0.2) is 0 Å². The maximum absolute atomic E-state index is 5.55. The van der Waals surface area contributed by atoms with E-state index in [9.17, 15) is 0 Å². The lowest BCUT2D eigenvalue weighted by molar-refractivity contribution is 0.488. The third-order valence-corrected chi connectivity index (χ3v) is 2.18. The molecule has 0 saturated carbocycles. The molecule has 0 amide bonds. The largest absolute Gasteiger partial charge is 0.466 e. The Labute approximate surface area is 87.8 Å². The first kappa shape index (κ1) is 13.0. The molecule has 0 bridgehead atoms. The summed E-state index contributed by atoms with van der Waals surface area (Å²) in [6.07, 6.45) is 3.08. The standard InChI is InChI=1S/C11H16O.C2H6/c1-5-8(3)11-7-10(6-2)12-9(11)4;1-2/h5,7H,6H2,1-4H3;1-2H3/b8-5-;.